The number of benzene rings is 3. The summed E-state index contributed by atoms with van der Waals surface area (Å²) in [5.41, 5.74) is 5.48. The van der Waals surface area contributed by atoms with Crippen molar-refractivity contribution in [2.24, 2.45) is 5.10 Å². The van der Waals surface area contributed by atoms with E-state index in [-0.39, 0.29) is 18.2 Å². The Labute approximate surface area is 198 Å². The molecule has 168 valence electrons. The molecule has 1 amide bonds. The van der Waals surface area contributed by atoms with Gasteiger partial charge >= 0.3 is 0 Å². The number of Topliss-reactive ketones (excluding diaryl/α,β-unsaturated/α-hetero) is 1. The lowest BCUT2D eigenvalue weighted by atomic mass is 10.1. The van der Waals surface area contributed by atoms with Crippen molar-refractivity contribution in [1.29, 1.82) is 0 Å². The van der Waals surface area contributed by atoms with Crippen molar-refractivity contribution >= 4 is 17.9 Å². The highest BCUT2D eigenvalue weighted by atomic mass is 16.5. The summed E-state index contributed by atoms with van der Waals surface area (Å²) in [6.07, 6.45) is 4.95. The van der Waals surface area contributed by atoms with Gasteiger partial charge in [0.05, 0.1) is 6.21 Å². The van der Waals surface area contributed by atoms with E-state index >= 15 is 0 Å². The van der Waals surface area contributed by atoms with Gasteiger partial charge in [0.1, 0.15) is 17.9 Å². The molecule has 0 spiro atoms. The molecule has 1 aromatic heterocycles. The monoisotopic (exact) mass is 450 g/mol. The molecule has 0 unspecified atom stereocenters. The molecule has 0 bridgehead atoms. The zero-order valence-electron chi connectivity index (χ0n) is 18.5. The van der Waals surface area contributed by atoms with Gasteiger partial charge in [-0.2, -0.15) is 9.67 Å². The van der Waals surface area contributed by atoms with Gasteiger partial charge in [-0.05, 0) is 41.5 Å². The van der Waals surface area contributed by atoms with Crippen LogP contribution in [-0.4, -0.2) is 17.9 Å². The van der Waals surface area contributed by atoms with Gasteiger partial charge in [-0.1, -0.05) is 60.7 Å². The molecule has 0 aliphatic rings. The minimum Gasteiger partial charge on any atom is -0.489 e. The van der Waals surface area contributed by atoms with Crippen LogP contribution in [0.15, 0.2) is 115 Å². The number of nitrogens with zero attached hydrogens (tertiary/aromatic N) is 2. The summed E-state index contributed by atoms with van der Waals surface area (Å²) < 4.78 is 7.46. The average Bonchev–Trinajstić information content (AvgIpc) is 2.89. The number of ketones is 1. The van der Waals surface area contributed by atoms with Gasteiger partial charge in [0.2, 0.25) is 12.3 Å². The number of aromatic nitrogens is 1. The number of nitrogens with one attached hydrogen (secondary N) is 1. The van der Waals surface area contributed by atoms with E-state index in [1.165, 1.54) is 0 Å². The van der Waals surface area contributed by atoms with Crippen LogP contribution in [0.25, 0.3) is 0 Å². The quantitative estimate of drug-likeness (QED) is 0.180. The first kappa shape index (κ1) is 22.6. The SMILES string of the molecule is O=C(C[n+]1cccc(C(=O)NN=Cc2ccc(OCc3ccccc3)cc2)c1)c1ccccc1. The number of pyridine rings is 1. The normalized spacial score (nSPS) is 10.7. The van der Waals surface area contributed by atoms with Crippen LogP contribution in [0, 0.1) is 0 Å². The smallest absolute Gasteiger partial charge is 0.277 e. The number of carbonyl (C=O) groups is 2. The van der Waals surface area contributed by atoms with Gasteiger partial charge in [-0.15, -0.1) is 0 Å². The van der Waals surface area contributed by atoms with E-state index in [1.54, 1.807) is 47.4 Å². The molecule has 0 fully saturated rings. The van der Waals surface area contributed by atoms with Crippen LogP contribution in [0.3, 0.4) is 0 Å². The highest BCUT2D eigenvalue weighted by molar-refractivity contribution is 5.95. The van der Waals surface area contributed by atoms with Gasteiger partial charge in [0.25, 0.3) is 5.91 Å². The first-order valence-corrected chi connectivity index (χ1v) is 10.8. The number of hydrogen-bond acceptors (Lipinski definition) is 4. The second kappa shape index (κ2) is 11.3. The molecular weight excluding hydrogens is 426 g/mol. The van der Waals surface area contributed by atoms with Crippen molar-refractivity contribution in [2.45, 2.75) is 13.2 Å². The number of carbonyl (C=O) groups excluding carboxylic acids is 2. The molecule has 3 aromatic carbocycles. The van der Waals surface area contributed by atoms with Gasteiger partial charge in [0, 0.05) is 11.6 Å². The molecule has 0 aliphatic heterocycles. The number of ether oxygens (including phenoxy) is 1. The zero-order valence-corrected chi connectivity index (χ0v) is 18.5. The third-order valence-electron chi connectivity index (χ3n) is 5.05. The lowest BCUT2D eigenvalue weighted by Gasteiger charge is -2.06. The van der Waals surface area contributed by atoms with E-state index < -0.39 is 0 Å². The fourth-order valence-electron chi connectivity index (χ4n) is 3.26. The fraction of sp³-hybridized carbons (Fsp3) is 0.0714. The third kappa shape index (κ3) is 6.46. The predicted molar refractivity (Wildman–Crippen MR) is 130 cm³/mol. The molecule has 0 aliphatic carbocycles. The third-order valence-corrected chi connectivity index (χ3v) is 5.05. The molecule has 0 saturated heterocycles. The molecule has 4 rings (SSSR count). The van der Waals surface area contributed by atoms with Crippen LogP contribution in [0.4, 0.5) is 0 Å². The first-order chi connectivity index (χ1) is 16.7. The number of hydrogen-bond donors (Lipinski definition) is 1. The molecule has 0 atom stereocenters. The minimum absolute atomic E-state index is 0.0302. The molecule has 1 N–H and O–H groups in total. The average molecular weight is 451 g/mol. The molecule has 6 heteroatoms. The molecule has 6 nitrogen and oxygen atoms in total. The molecule has 0 saturated carbocycles. The molecular formula is C28H24N3O3+. The van der Waals surface area contributed by atoms with Crippen LogP contribution in [0.5, 0.6) is 5.75 Å². The van der Waals surface area contributed by atoms with Crippen LogP contribution in [0.1, 0.15) is 31.8 Å². The maximum Gasteiger partial charge on any atom is 0.277 e. The van der Waals surface area contributed by atoms with Gasteiger partial charge in [-0.25, -0.2) is 5.43 Å². The summed E-state index contributed by atoms with van der Waals surface area (Å²) in [5.74, 6) is 0.363. The summed E-state index contributed by atoms with van der Waals surface area (Å²) in [6.45, 7) is 0.644. The maximum absolute atomic E-state index is 12.5. The van der Waals surface area contributed by atoms with Crippen molar-refractivity contribution in [1.82, 2.24) is 5.43 Å². The number of rotatable bonds is 9. The maximum atomic E-state index is 12.5. The summed E-state index contributed by atoms with van der Waals surface area (Å²) >= 11 is 0. The van der Waals surface area contributed by atoms with Crippen LogP contribution in [0.2, 0.25) is 0 Å². The Kier molecular flexibility index (Phi) is 7.54. The summed E-state index contributed by atoms with van der Waals surface area (Å²) in [4.78, 5) is 24.9. The van der Waals surface area contributed by atoms with Gasteiger partial charge < -0.3 is 4.74 Å². The van der Waals surface area contributed by atoms with Crippen molar-refractivity contribution < 1.29 is 18.9 Å². The van der Waals surface area contributed by atoms with Crippen LogP contribution in [-0.2, 0) is 13.2 Å². The van der Waals surface area contributed by atoms with E-state index in [4.69, 9.17) is 4.74 Å². The second-order valence-electron chi connectivity index (χ2n) is 7.60. The number of amides is 1. The molecule has 1 heterocycles. The van der Waals surface area contributed by atoms with E-state index in [1.807, 2.05) is 72.8 Å². The Bertz CT molecular complexity index is 1270. The lowest BCUT2D eigenvalue weighted by Crippen LogP contribution is -2.38. The predicted octanol–water partition coefficient (Wildman–Crippen LogP) is 4.20. The Morgan fingerprint density at radius 2 is 1.50 bits per heavy atom. The minimum atomic E-state index is -0.361. The summed E-state index contributed by atoms with van der Waals surface area (Å²) in [5, 5.41) is 4.04. The first-order valence-electron chi connectivity index (χ1n) is 10.8. The standard InChI is InChI=1S/C28H23N3O3/c32-27(24-10-5-2-6-11-24)20-31-17-7-12-25(19-31)28(33)30-29-18-22-13-15-26(16-14-22)34-21-23-8-3-1-4-9-23/h1-19H,20-21H2/p+1. The van der Waals surface area contributed by atoms with E-state index in [2.05, 4.69) is 10.5 Å². The second-order valence-corrected chi connectivity index (χ2v) is 7.60. The number of hydrazone groups is 1. The highest BCUT2D eigenvalue weighted by Crippen LogP contribution is 2.13. The van der Waals surface area contributed by atoms with Crippen molar-refractivity contribution in [3.8, 4) is 5.75 Å². The lowest BCUT2D eigenvalue weighted by molar-refractivity contribution is -0.683. The largest absolute Gasteiger partial charge is 0.489 e. The molecule has 34 heavy (non-hydrogen) atoms. The van der Waals surface area contributed by atoms with Gasteiger partial charge in [0.15, 0.2) is 12.4 Å². The highest BCUT2D eigenvalue weighted by Gasteiger charge is 2.14. The Balaban J connectivity index is 1.29. The Hall–Kier alpha value is -4.58. The molecule has 4 aromatic rings. The zero-order chi connectivity index (χ0) is 23.6. The van der Waals surface area contributed by atoms with E-state index in [0.29, 0.717) is 17.7 Å². The van der Waals surface area contributed by atoms with Gasteiger partial charge in [-0.3, -0.25) is 9.59 Å². The van der Waals surface area contributed by atoms with Crippen molar-refractivity contribution in [3.05, 3.63) is 132 Å². The molecule has 0 radical (unpaired) electrons. The van der Waals surface area contributed by atoms with Crippen LogP contribution < -0.4 is 14.7 Å². The topological polar surface area (TPSA) is 71.6 Å². The summed E-state index contributed by atoms with van der Waals surface area (Å²) in [7, 11) is 0. The van der Waals surface area contributed by atoms with Crippen molar-refractivity contribution in [2.75, 3.05) is 0 Å². The Morgan fingerprint density at radius 3 is 2.24 bits per heavy atom. The van der Waals surface area contributed by atoms with Crippen LogP contribution >= 0.6 is 0 Å². The summed E-state index contributed by atoms with van der Waals surface area (Å²) in [6, 6.07) is 29.9. The van der Waals surface area contributed by atoms with E-state index in [0.717, 1.165) is 16.9 Å². The fourth-order valence-corrected chi connectivity index (χ4v) is 3.26. The Morgan fingerprint density at radius 1 is 0.824 bits per heavy atom. The van der Waals surface area contributed by atoms with Crippen molar-refractivity contribution in [3.63, 3.8) is 0 Å². The van der Waals surface area contributed by atoms with E-state index in [9.17, 15) is 9.59 Å².